The third-order valence-electron chi connectivity index (χ3n) is 4.56. The van der Waals surface area contributed by atoms with Gasteiger partial charge in [0.25, 0.3) is 0 Å². The Balaban J connectivity index is 2.40. The Labute approximate surface area is 182 Å². The Morgan fingerprint density at radius 3 is 2.47 bits per heavy atom. The molecule has 8 nitrogen and oxygen atoms in total. The Bertz CT molecular complexity index is 887. The Morgan fingerprint density at radius 2 is 1.90 bits per heavy atom. The molecule has 1 aliphatic heterocycles. The molecule has 166 valence electrons. The summed E-state index contributed by atoms with van der Waals surface area (Å²) in [7, 11) is -3.39. The van der Waals surface area contributed by atoms with E-state index in [4.69, 9.17) is 0 Å². The van der Waals surface area contributed by atoms with Crippen molar-refractivity contribution in [1.29, 1.82) is 0 Å². The first-order chi connectivity index (χ1) is 14.1. The molecule has 1 aromatic rings. The van der Waals surface area contributed by atoms with Gasteiger partial charge in [0.05, 0.1) is 6.26 Å². The Kier molecular flexibility index (Phi) is 8.45. The van der Waals surface area contributed by atoms with Crippen LogP contribution in [0.4, 0.5) is 0 Å². The molecule has 0 aromatic heterocycles. The number of amidine groups is 1. The molecule has 1 atom stereocenters. The van der Waals surface area contributed by atoms with Crippen LogP contribution in [0.5, 0.6) is 0 Å². The van der Waals surface area contributed by atoms with Crippen molar-refractivity contribution in [1.82, 2.24) is 15.0 Å². The topological polar surface area (TPSA) is 108 Å². The van der Waals surface area contributed by atoms with E-state index in [0.717, 1.165) is 24.7 Å². The van der Waals surface area contributed by atoms with Gasteiger partial charge in [0.2, 0.25) is 21.8 Å². The summed E-state index contributed by atoms with van der Waals surface area (Å²) in [5.74, 6) is -0.683. The minimum absolute atomic E-state index is 0.120. The maximum atomic E-state index is 13.1. The number of carbonyl (C=O) groups excluding carboxylic acids is 2. The molecule has 0 bridgehead atoms. The van der Waals surface area contributed by atoms with E-state index < -0.39 is 14.9 Å². The second-order valence-corrected chi connectivity index (χ2v) is 10.6. The zero-order valence-corrected chi connectivity index (χ0v) is 19.5. The second kappa shape index (κ2) is 10.4. The molecular weight excluding hydrogens is 424 g/mol. The quantitative estimate of drug-likeness (QED) is 0.596. The minimum Gasteiger partial charge on any atom is -0.304 e. The Morgan fingerprint density at radius 1 is 1.23 bits per heavy atom. The smallest absolute Gasteiger partial charge is 0.246 e. The van der Waals surface area contributed by atoms with Crippen LogP contribution in [0.3, 0.4) is 0 Å². The molecule has 0 saturated heterocycles. The first-order valence-electron chi connectivity index (χ1n) is 10.0. The molecular formula is C20H30N4O4S2. The maximum Gasteiger partial charge on any atom is 0.246 e. The number of sulfonamides is 1. The van der Waals surface area contributed by atoms with Gasteiger partial charge in [-0.05, 0) is 12.0 Å². The molecule has 0 fully saturated rings. The molecule has 1 aliphatic rings. The summed E-state index contributed by atoms with van der Waals surface area (Å²) in [6.07, 6.45) is 3.42. The van der Waals surface area contributed by atoms with E-state index in [1.807, 2.05) is 37.3 Å². The van der Waals surface area contributed by atoms with Gasteiger partial charge < -0.3 is 5.32 Å². The van der Waals surface area contributed by atoms with Crippen LogP contribution in [-0.4, -0.2) is 43.2 Å². The van der Waals surface area contributed by atoms with Crippen molar-refractivity contribution in [2.45, 2.75) is 51.3 Å². The van der Waals surface area contributed by atoms with Gasteiger partial charge in [-0.3, -0.25) is 9.59 Å². The lowest BCUT2D eigenvalue weighted by molar-refractivity contribution is -0.138. The number of nitrogens with one attached hydrogen (secondary N) is 2. The van der Waals surface area contributed by atoms with Gasteiger partial charge in [-0.1, -0.05) is 69.3 Å². The summed E-state index contributed by atoms with van der Waals surface area (Å²) < 4.78 is 25.7. The van der Waals surface area contributed by atoms with Gasteiger partial charge in [0.15, 0.2) is 5.17 Å². The molecule has 1 heterocycles. The maximum absolute atomic E-state index is 13.1. The summed E-state index contributed by atoms with van der Waals surface area (Å²) in [5, 5.41) is 9.01. The second-order valence-electron chi connectivity index (χ2n) is 7.53. The highest BCUT2D eigenvalue weighted by Gasteiger charge is 2.49. The number of hydrogen-bond donors (Lipinski definition) is 2. The third-order valence-corrected chi connectivity index (χ3v) is 6.61. The molecule has 0 radical (unpaired) electrons. The lowest BCUT2D eigenvalue weighted by Crippen LogP contribution is -2.45. The standard InChI is InChI=1S/C20H30N4O4S2/c1-5-6-12-17(25)22-19-23-24(18(26)15(2)3)20(29-19,13-14-21-30(4,27)28)16-10-8-7-9-11-16/h7-11,15,21H,5-6,12-14H2,1-4H3,(H,22,23,25). The zero-order chi connectivity index (χ0) is 22.4. The van der Waals surface area contributed by atoms with Crippen molar-refractivity contribution in [2.24, 2.45) is 11.0 Å². The van der Waals surface area contributed by atoms with Crippen molar-refractivity contribution < 1.29 is 18.0 Å². The molecule has 1 unspecified atom stereocenters. The van der Waals surface area contributed by atoms with Crippen LogP contribution in [-0.2, 0) is 24.5 Å². The first-order valence-corrected chi connectivity index (χ1v) is 12.7. The normalized spacial score (nSPS) is 19.1. The summed E-state index contributed by atoms with van der Waals surface area (Å²) >= 11 is 1.27. The summed E-state index contributed by atoms with van der Waals surface area (Å²) in [6, 6.07) is 9.35. The van der Waals surface area contributed by atoms with E-state index in [0.29, 0.717) is 11.6 Å². The lowest BCUT2D eigenvalue weighted by Gasteiger charge is -2.36. The average Bonchev–Trinajstić information content (AvgIpc) is 3.04. The van der Waals surface area contributed by atoms with Crippen LogP contribution >= 0.6 is 11.8 Å². The van der Waals surface area contributed by atoms with E-state index in [-0.39, 0.29) is 30.7 Å². The molecule has 2 N–H and O–H groups in total. The molecule has 30 heavy (non-hydrogen) atoms. The molecule has 1 aromatic carbocycles. The van der Waals surface area contributed by atoms with Crippen LogP contribution in [0.15, 0.2) is 35.4 Å². The minimum atomic E-state index is -3.39. The van der Waals surface area contributed by atoms with E-state index in [1.54, 1.807) is 13.8 Å². The van der Waals surface area contributed by atoms with Crippen molar-refractivity contribution in [3.8, 4) is 0 Å². The van der Waals surface area contributed by atoms with Crippen molar-refractivity contribution in [2.75, 3.05) is 12.8 Å². The fourth-order valence-corrected chi connectivity index (χ4v) is 4.78. The van der Waals surface area contributed by atoms with Crippen molar-refractivity contribution in [3.05, 3.63) is 35.9 Å². The van der Waals surface area contributed by atoms with Gasteiger partial charge in [-0.15, -0.1) is 5.10 Å². The van der Waals surface area contributed by atoms with Gasteiger partial charge in [0, 0.05) is 25.3 Å². The van der Waals surface area contributed by atoms with Gasteiger partial charge in [0.1, 0.15) is 4.87 Å². The lowest BCUT2D eigenvalue weighted by atomic mass is 10.0. The largest absolute Gasteiger partial charge is 0.304 e. The molecule has 0 saturated carbocycles. The number of hydrazone groups is 1. The predicted octanol–water partition coefficient (Wildman–Crippen LogP) is 2.59. The number of rotatable bonds is 9. The van der Waals surface area contributed by atoms with Crippen LogP contribution in [0.2, 0.25) is 0 Å². The van der Waals surface area contributed by atoms with E-state index in [1.165, 1.54) is 16.8 Å². The third kappa shape index (κ3) is 6.29. The molecule has 0 spiro atoms. The summed E-state index contributed by atoms with van der Waals surface area (Å²) in [5.41, 5.74) is 0.806. The number of hydrogen-bond acceptors (Lipinski definition) is 6. The van der Waals surface area contributed by atoms with Gasteiger partial charge >= 0.3 is 0 Å². The molecule has 10 heteroatoms. The molecule has 2 amide bonds. The zero-order valence-electron chi connectivity index (χ0n) is 17.8. The molecule has 0 aliphatic carbocycles. The van der Waals surface area contributed by atoms with Gasteiger partial charge in [-0.2, -0.15) is 0 Å². The number of carbonyl (C=O) groups is 2. The summed E-state index contributed by atoms with van der Waals surface area (Å²) in [4.78, 5) is 24.3. The Hall–Kier alpha value is -1.91. The highest BCUT2D eigenvalue weighted by Crippen LogP contribution is 2.48. The highest BCUT2D eigenvalue weighted by molar-refractivity contribution is 8.14. The van der Waals surface area contributed by atoms with E-state index in [2.05, 4.69) is 15.1 Å². The van der Waals surface area contributed by atoms with E-state index in [9.17, 15) is 18.0 Å². The fraction of sp³-hybridized carbons (Fsp3) is 0.550. The highest BCUT2D eigenvalue weighted by atomic mass is 32.2. The van der Waals surface area contributed by atoms with Crippen LogP contribution in [0, 0.1) is 5.92 Å². The van der Waals surface area contributed by atoms with Crippen molar-refractivity contribution >= 4 is 38.8 Å². The van der Waals surface area contributed by atoms with Crippen molar-refractivity contribution in [3.63, 3.8) is 0 Å². The number of thioether (sulfide) groups is 1. The predicted molar refractivity (Wildman–Crippen MR) is 120 cm³/mol. The number of unbranched alkanes of at least 4 members (excludes halogenated alkanes) is 1. The van der Waals surface area contributed by atoms with Gasteiger partial charge in [-0.25, -0.2) is 18.1 Å². The molecule has 2 rings (SSSR count). The first kappa shape index (κ1) is 24.4. The van der Waals surface area contributed by atoms with Crippen LogP contribution in [0.25, 0.3) is 0 Å². The average molecular weight is 455 g/mol. The number of amides is 2. The monoisotopic (exact) mass is 454 g/mol. The van der Waals surface area contributed by atoms with Crippen LogP contribution < -0.4 is 10.0 Å². The van der Waals surface area contributed by atoms with Crippen LogP contribution in [0.1, 0.15) is 52.0 Å². The number of nitrogens with zero attached hydrogens (tertiary/aromatic N) is 2. The summed E-state index contributed by atoms with van der Waals surface area (Å²) in [6.45, 7) is 5.69. The SMILES string of the molecule is CCCCC(=O)NC1=NN(C(=O)C(C)C)C(CCNS(C)(=O)=O)(c2ccccc2)S1. The van der Waals surface area contributed by atoms with E-state index >= 15 is 0 Å². The fourth-order valence-electron chi connectivity index (χ4n) is 3.02. The number of benzene rings is 1.